The minimum atomic E-state index is -0.771. The molecule has 0 heterocycles. The van der Waals surface area contributed by atoms with Gasteiger partial charge in [0.2, 0.25) is 0 Å². The van der Waals surface area contributed by atoms with Gasteiger partial charge in [0.25, 0.3) is 0 Å². The largest absolute Gasteiger partial charge is 0.385 e. The Balaban J connectivity index is 2.30. The summed E-state index contributed by atoms with van der Waals surface area (Å²) in [6.07, 6.45) is 2.38. The molecule has 1 atom stereocenters. The topological polar surface area (TPSA) is 20.2 Å². The molecule has 0 saturated heterocycles. The first-order valence-corrected chi connectivity index (χ1v) is 7.03. The molecule has 0 radical (unpaired) electrons. The van der Waals surface area contributed by atoms with Crippen LogP contribution in [0.15, 0.2) is 54.6 Å². The van der Waals surface area contributed by atoms with Gasteiger partial charge >= 0.3 is 0 Å². The van der Waals surface area contributed by atoms with Crippen LogP contribution in [0.5, 0.6) is 0 Å². The van der Waals surface area contributed by atoms with Crippen molar-refractivity contribution in [1.29, 1.82) is 0 Å². The molecule has 0 aliphatic heterocycles. The molecule has 0 aliphatic carbocycles. The summed E-state index contributed by atoms with van der Waals surface area (Å²) in [6, 6.07) is 18.5. The van der Waals surface area contributed by atoms with Crippen LogP contribution in [-0.4, -0.2) is 5.11 Å². The minimum absolute atomic E-state index is 0.664. The standard InChI is InChI=1S/C18H22O/c1-3-15-11-8-12-17(13-15)18(19,4-2)14-16-9-6-5-7-10-16/h5-13,19H,3-4,14H2,1-2H3. The van der Waals surface area contributed by atoms with Gasteiger partial charge in [-0.2, -0.15) is 0 Å². The van der Waals surface area contributed by atoms with Gasteiger partial charge in [-0.15, -0.1) is 0 Å². The zero-order valence-electron chi connectivity index (χ0n) is 11.8. The average molecular weight is 254 g/mol. The van der Waals surface area contributed by atoms with Gasteiger partial charge in [0.1, 0.15) is 0 Å². The molecule has 0 amide bonds. The van der Waals surface area contributed by atoms with Gasteiger partial charge in [-0.25, -0.2) is 0 Å². The van der Waals surface area contributed by atoms with E-state index < -0.39 is 5.60 Å². The summed E-state index contributed by atoms with van der Waals surface area (Å²) < 4.78 is 0. The van der Waals surface area contributed by atoms with E-state index in [1.165, 1.54) is 11.1 Å². The molecule has 2 aromatic carbocycles. The number of aryl methyl sites for hydroxylation is 1. The Morgan fingerprint density at radius 3 is 2.21 bits per heavy atom. The highest BCUT2D eigenvalue weighted by atomic mass is 16.3. The quantitative estimate of drug-likeness (QED) is 0.852. The van der Waals surface area contributed by atoms with Crippen molar-refractivity contribution in [3.05, 3.63) is 71.3 Å². The van der Waals surface area contributed by atoms with Crippen molar-refractivity contribution < 1.29 is 5.11 Å². The SMILES string of the molecule is CCc1cccc(C(O)(CC)Cc2ccccc2)c1. The molecule has 0 spiro atoms. The van der Waals surface area contributed by atoms with E-state index in [1.807, 2.05) is 37.3 Å². The molecule has 19 heavy (non-hydrogen) atoms. The third-order valence-electron chi connectivity index (χ3n) is 3.80. The van der Waals surface area contributed by atoms with E-state index in [-0.39, 0.29) is 0 Å². The number of hydrogen-bond donors (Lipinski definition) is 1. The maximum Gasteiger partial charge on any atom is 0.0934 e. The molecule has 0 aliphatic rings. The third kappa shape index (κ3) is 3.24. The molecule has 0 bridgehead atoms. The van der Waals surface area contributed by atoms with Gasteiger partial charge in [-0.3, -0.25) is 0 Å². The first kappa shape index (κ1) is 13.8. The van der Waals surface area contributed by atoms with Crippen LogP contribution in [0.4, 0.5) is 0 Å². The second-order valence-corrected chi connectivity index (χ2v) is 5.10. The highest BCUT2D eigenvalue weighted by Gasteiger charge is 2.27. The molecular weight excluding hydrogens is 232 g/mol. The Hall–Kier alpha value is -1.60. The van der Waals surface area contributed by atoms with Crippen molar-refractivity contribution in [1.82, 2.24) is 0 Å². The Labute approximate surface area is 115 Å². The first-order valence-electron chi connectivity index (χ1n) is 7.03. The molecule has 1 unspecified atom stereocenters. The predicted molar refractivity (Wildman–Crippen MR) is 80.2 cm³/mol. The van der Waals surface area contributed by atoms with E-state index in [1.54, 1.807) is 0 Å². The van der Waals surface area contributed by atoms with Crippen molar-refractivity contribution in [2.24, 2.45) is 0 Å². The Kier molecular flexibility index (Phi) is 4.39. The molecule has 2 rings (SSSR count). The lowest BCUT2D eigenvalue weighted by molar-refractivity contribution is 0.0326. The van der Waals surface area contributed by atoms with Crippen molar-refractivity contribution >= 4 is 0 Å². The van der Waals surface area contributed by atoms with E-state index in [4.69, 9.17) is 0 Å². The second kappa shape index (κ2) is 6.03. The lowest BCUT2D eigenvalue weighted by atomic mass is 9.84. The van der Waals surface area contributed by atoms with Crippen LogP contribution in [0, 0.1) is 0 Å². The number of aliphatic hydroxyl groups is 1. The number of rotatable bonds is 5. The molecule has 1 nitrogen and oxygen atoms in total. The monoisotopic (exact) mass is 254 g/mol. The van der Waals surface area contributed by atoms with Crippen LogP contribution in [0.25, 0.3) is 0 Å². The van der Waals surface area contributed by atoms with Crippen molar-refractivity contribution in [2.75, 3.05) is 0 Å². The predicted octanol–water partition coefficient (Wildman–Crippen LogP) is 4.09. The molecular formula is C18H22O. The summed E-state index contributed by atoms with van der Waals surface area (Å²) in [5.74, 6) is 0. The van der Waals surface area contributed by atoms with E-state index in [0.29, 0.717) is 6.42 Å². The van der Waals surface area contributed by atoms with Crippen LogP contribution in [0.2, 0.25) is 0 Å². The molecule has 0 fully saturated rings. The summed E-state index contributed by atoms with van der Waals surface area (Å²) in [7, 11) is 0. The van der Waals surface area contributed by atoms with Crippen molar-refractivity contribution in [2.45, 2.75) is 38.7 Å². The second-order valence-electron chi connectivity index (χ2n) is 5.10. The van der Waals surface area contributed by atoms with Gasteiger partial charge in [-0.05, 0) is 29.5 Å². The highest BCUT2D eigenvalue weighted by Crippen LogP contribution is 2.29. The molecule has 1 heteroatoms. The fourth-order valence-electron chi connectivity index (χ4n) is 2.45. The van der Waals surface area contributed by atoms with E-state index >= 15 is 0 Å². The lowest BCUT2D eigenvalue weighted by Crippen LogP contribution is -2.27. The zero-order valence-corrected chi connectivity index (χ0v) is 11.8. The fraction of sp³-hybridized carbons (Fsp3) is 0.333. The minimum Gasteiger partial charge on any atom is -0.385 e. The van der Waals surface area contributed by atoms with Crippen LogP contribution < -0.4 is 0 Å². The lowest BCUT2D eigenvalue weighted by Gasteiger charge is -2.28. The van der Waals surface area contributed by atoms with Crippen molar-refractivity contribution in [3.8, 4) is 0 Å². The van der Waals surface area contributed by atoms with Crippen LogP contribution in [-0.2, 0) is 18.4 Å². The van der Waals surface area contributed by atoms with Crippen LogP contribution >= 0.6 is 0 Å². The maximum absolute atomic E-state index is 11.0. The first-order chi connectivity index (χ1) is 9.18. The molecule has 2 aromatic rings. The number of benzene rings is 2. The van der Waals surface area contributed by atoms with Crippen LogP contribution in [0.1, 0.15) is 37.0 Å². The highest BCUT2D eigenvalue weighted by molar-refractivity contribution is 5.30. The fourth-order valence-corrected chi connectivity index (χ4v) is 2.45. The van der Waals surface area contributed by atoms with E-state index in [0.717, 1.165) is 18.4 Å². The van der Waals surface area contributed by atoms with Crippen molar-refractivity contribution in [3.63, 3.8) is 0 Å². The van der Waals surface area contributed by atoms with Crippen LogP contribution in [0.3, 0.4) is 0 Å². The van der Waals surface area contributed by atoms with E-state index in [2.05, 4.69) is 31.2 Å². The smallest absolute Gasteiger partial charge is 0.0934 e. The normalized spacial score (nSPS) is 14.1. The average Bonchev–Trinajstić information content (AvgIpc) is 2.48. The van der Waals surface area contributed by atoms with Gasteiger partial charge in [0.05, 0.1) is 5.60 Å². The van der Waals surface area contributed by atoms with Gasteiger partial charge < -0.3 is 5.11 Å². The third-order valence-corrected chi connectivity index (χ3v) is 3.80. The van der Waals surface area contributed by atoms with Gasteiger partial charge in [0, 0.05) is 6.42 Å². The zero-order chi connectivity index (χ0) is 13.7. The summed E-state index contributed by atoms with van der Waals surface area (Å²) in [4.78, 5) is 0. The van der Waals surface area contributed by atoms with Gasteiger partial charge in [-0.1, -0.05) is 68.4 Å². The Morgan fingerprint density at radius 2 is 1.58 bits per heavy atom. The summed E-state index contributed by atoms with van der Waals surface area (Å²) >= 11 is 0. The summed E-state index contributed by atoms with van der Waals surface area (Å²) in [5.41, 5.74) is 2.70. The molecule has 100 valence electrons. The number of hydrogen-bond acceptors (Lipinski definition) is 1. The van der Waals surface area contributed by atoms with E-state index in [9.17, 15) is 5.11 Å². The Bertz CT molecular complexity index is 518. The summed E-state index contributed by atoms with van der Waals surface area (Å²) in [6.45, 7) is 4.18. The molecule has 1 N–H and O–H groups in total. The van der Waals surface area contributed by atoms with Gasteiger partial charge in [0.15, 0.2) is 0 Å². The molecule has 0 aromatic heterocycles. The molecule has 0 saturated carbocycles. The Morgan fingerprint density at radius 1 is 0.895 bits per heavy atom. The maximum atomic E-state index is 11.0. The summed E-state index contributed by atoms with van der Waals surface area (Å²) in [5, 5.41) is 11.0.